The van der Waals surface area contributed by atoms with Crippen LogP contribution in [0.1, 0.15) is 59.3 Å². The molecule has 0 bridgehead atoms. The zero-order chi connectivity index (χ0) is 37.4. The van der Waals surface area contributed by atoms with Crippen molar-refractivity contribution in [3.8, 4) is 28.0 Å². The molecule has 3 aromatic rings. The van der Waals surface area contributed by atoms with E-state index in [0.717, 1.165) is 30.6 Å². The highest BCUT2D eigenvalue weighted by Gasteiger charge is 2.61. The molecule has 15 heteroatoms. The van der Waals surface area contributed by atoms with Crippen LogP contribution in [0.4, 0.5) is 4.79 Å². The number of likely N-dealkylation sites (tertiary alicyclic amines) is 1. The second-order valence-electron chi connectivity index (χ2n) is 14.6. The third-order valence-electron chi connectivity index (χ3n) is 10.0. The number of thiophene rings is 1. The highest BCUT2D eigenvalue weighted by atomic mass is 32.1. The Balaban J connectivity index is 1.35. The monoisotopic (exact) mass is 735 g/mol. The molecule has 1 aromatic carbocycles. The minimum atomic E-state index is -1.52. The predicted octanol–water partition coefficient (Wildman–Crippen LogP) is 4.95. The van der Waals surface area contributed by atoms with Crippen LogP contribution < -0.4 is 24.8 Å². The molecule has 2 saturated carbocycles. The molecule has 0 spiro atoms. The third kappa shape index (κ3) is 7.23. The van der Waals surface area contributed by atoms with Gasteiger partial charge in [-0.1, -0.05) is 32.9 Å². The van der Waals surface area contributed by atoms with Crippen LogP contribution in [-0.2, 0) is 19.1 Å². The third-order valence-corrected chi connectivity index (χ3v) is 10.9. The number of amides is 3. The fraction of sp³-hybridized carbons (Fsp3) is 0.514. The Labute approximate surface area is 305 Å². The number of methoxy groups -OCH3 is 2. The molecule has 3 aliphatic rings. The first-order chi connectivity index (χ1) is 24.8. The lowest BCUT2D eigenvalue weighted by molar-refractivity contribution is -0.146. The van der Waals surface area contributed by atoms with Gasteiger partial charge in [-0.25, -0.2) is 19.6 Å². The number of rotatable bonds is 12. The van der Waals surface area contributed by atoms with Gasteiger partial charge in [0, 0.05) is 12.3 Å². The van der Waals surface area contributed by atoms with E-state index in [9.17, 15) is 24.3 Å². The topological polar surface area (TPSA) is 179 Å². The van der Waals surface area contributed by atoms with Gasteiger partial charge in [0.1, 0.15) is 58.1 Å². The van der Waals surface area contributed by atoms with E-state index in [1.165, 1.54) is 36.5 Å². The van der Waals surface area contributed by atoms with Gasteiger partial charge in [0.25, 0.3) is 0 Å². The summed E-state index contributed by atoms with van der Waals surface area (Å²) < 4.78 is 23.4. The zero-order valence-corrected chi connectivity index (χ0v) is 30.8. The van der Waals surface area contributed by atoms with Gasteiger partial charge >= 0.3 is 12.1 Å². The fourth-order valence-electron chi connectivity index (χ4n) is 7.03. The van der Waals surface area contributed by atoms with Gasteiger partial charge in [-0.3, -0.25) is 9.59 Å². The molecule has 1 saturated heterocycles. The van der Waals surface area contributed by atoms with Crippen molar-refractivity contribution in [2.24, 2.45) is 11.3 Å². The number of fused-ring (bicyclic) bond motifs is 1. The van der Waals surface area contributed by atoms with Gasteiger partial charge < -0.3 is 39.6 Å². The summed E-state index contributed by atoms with van der Waals surface area (Å²) in [5.74, 6) is -1.75. The number of carboxylic acids is 1. The molecule has 2 aromatic heterocycles. The summed E-state index contributed by atoms with van der Waals surface area (Å²) in [5.41, 5.74) is -1.03. The minimum Gasteiger partial charge on any atom is -0.494 e. The van der Waals surface area contributed by atoms with E-state index >= 15 is 0 Å². The normalized spacial score (nSPS) is 23.5. The molecule has 3 heterocycles. The molecular formula is C37H45N5O9S. The molecule has 5 atom stereocenters. The van der Waals surface area contributed by atoms with Crippen molar-refractivity contribution in [1.29, 1.82) is 0 Å². The van der Waals surface area contributed by atoms with Crippen molar-refractivity contribution in [2.45, 2.75) is 89.1 Å². The van der Waals surface area contributed by atoms with Crippen LogP contribution in [0.15, 0.2) is 42.3 Å². The maximum atomic E-state index is 14.5. The van der Waals surface area contributed by atoms with Crippen LogP contribution in [0.25, 0.3) is 21.6 Å². The number of benzene rings is 1. The molecule has 52 heavy (non-hydrogen) atoms. The Bertz CT molecular complexity index is 1860. The number of hydrogen-bond donors (Lipinski definition) is 3. The van der Waals surface area contributed by atoms with Crippen molar-refractivity contribution in [1.82, 2.24) is 25.5 Å². The first-order valence-electron chi connectivity index (χ1n) is 17.4. The van der Waals surface area contributed by atoms with E-state index in [0.29, 0.717) is 28.2 Å². The summed E-state index contributed by atoms with van der Waals surface area (Å²) in [6.07, 6.45) is 3.43. The Morgan fingerprint density at radius 3 is 2.29 bits per heavy atom. The van der Waals surface area contributed by atoms with Gasteiger partial charge in [-0.05, 0) is 61.1 Å². The van der Waals surface area contributed by atoms with Gasteiger partial charge in [-0.2, -0.15) is 0 Å². The number of aromatic nitrogens is 2. The number of hydrogen-bond acceptors (Lipinski definition) is 11. The molecule has 1 unspecified atom stereocenters. The summed E-state index contributed by atoms with van der Waals surface area (Å²) in [5, 5.41) is 17.4. The minimum absolute atomic E-state index is 0.00819. The molecule has 278 valence electrons. The van der Waals surface area contributed by atoms with Gasteiger partial charge in [0.15, 0.2) is 0 Å². The van der Waals surface area contributed by atoms with Crippen LogP contribution >= 0.6 is 11.3 Å². The highest BCUT2D eigenvalue weighted by molar-refractivity contribution is 7.13. The van der Waals surface area contributed by atoms with Gasteiger partial charge in [-0.15, -0.1) is 17.9 Å². The summed E-state index contributed by atoms with van der Waals surface area (Å²) in [6, 6.07) is 4.99. The number of alkyl carbamates (subject to hydrolysis) is 1. The number of carbonyl (C=O) groups is 4. The second kappa shape index (κ2) is 14.6. The Morgan fingerprint density at radius 1 is 1.06 bits per heavy atom. The molecule has 3 fully saturated rings. The van der Waals surface area contributed by atoms with E-state index in [-0.39, 0.29) is 31.4 Å². The average molecular weight is 736 g/mol. The average Bonchev–Trinajstić information content (AvgIpc) is 3.58. The standard InChI is InChI=1S/C37H45N5O9S/c1-7-20-18-37(20,34(45)46)41-31(43)23-17-22(19-42(23)33(44)30(36(2,3)4)40-35(47)51-21-11-8-9-12-21)50-32-29(26-13-10-16-52-26)38-27-24(48-5)14-15-25(49-6)28(27)39-32/h7,10,13-16,20-23,30H,1,8-9,11-12,17-19H2,2-6H3,(H,40,47)(H,41,43)(H,45,46)/t20-,22-,23+,30-,37?/m1/s1. The highest BCUT2D eigenvalue weighted by Crippen LogP contribution is 2.45. The van der Waals surface area contributed by atoms with E-state index in [4.69, 9.17) is 28.9 Å². The first-order valence-corrected chi connectivity index (χ1v) is 18.3. The first kappa shape index (κ1) is 36.9. The van der Waals surface area contributed by atoms with E-state index in [1.807, 2.05) is 38.3 Å². The Morgan fingerprint density at radius 2 is 1.73 bits per heavy atom. The van der Waals surface area contributed by atoms with E-state index < -0.39 is 58.9 Å². The number of nitrogens with zero attached hydrogens (tertiary/aromatic N) is 3. The molecule has 3 N–H and O–H groups in total. The Hall–Kier alpha value is -4.92. The molecule has 14 nitrogen and oxygen atoms in total. The molecular weight excluding hydrogens is 691 g/mol. The van der Waals surface area contributed by atoms with Crippen molar-refractivity contribution < 1.29 is 43.2 Å². The van der Waals surface area contributed by atoms with Crippen LogP contribution in [-0.4, -0.2) is 94.4 Å². The molecule has 3 amide bonds. The number of carboxylic acid groups (broad SMARTS) is 1. The molecule has 6 rings (SSSR count). The molecule has 0 radical (unpaired) electrons. The van der Waals surface area contributed by atoms with Crippen LogP contribution in [0, 0.1) is 11.3 Å². The van der Waals surface area contributed by atoms with Crippen molar-refractivity contribution in [3.05, 3.63) is 42.3 Å². The maximum Gasteiger partial charge on any atom is 0.408 e. The van der Waals surface area contributed by atoms with Crippen LogP contribution in [0.3, 0.4) is 0 Å². The number of carbonyl (C=O) groups excluding carboxylic acids is 3. The summed E-state index contributed by atoms with van der Waals surface area (Å²) in [6.45, 7) is 9.08. The molecule has 2 aliphatic carbocycles. The Kier molecular flexibility index (Phi) is 10.4. The number of nitrogens with one attached hydrogen (secondary N) is 2. The summed E-state index contributed by atoms with van der Waals surface area (Å²) in [7, 11) is 3.05. The van der Waals surface area contributed by atoms with E-state index in [1.54, 1.807) is 12.1 Å². The van der Waals surface area contributed by atoms with Crippen molar-refractivity contribution in [3.63, 3.8) is 0 Å². The quantitative estimate of drug-likeness (QED) is 0.214. The van der Waals surface area contributed by atoms with E-state index in [2.05, 4.69) is 17.2 Å². The van der Waals surface area contributed by atoms with Gasteiger partial charge in [0.2, 0.25) is 17.7 Å². The summed E-state index contributed by atoms with van der Waals surface area (Å²) in [4.78, 5) is 65.8. The van der Waals surface area contributed by atoms with Crippen LogP contribution in [0.2, 0.25) is 0 Å². The zero-order valence-electron chi connectivity index (χ0n) is 30.0. The largest absolute Gasteiger partial charge is 0.494 e. The second-order valence-corrected chi connectivity index (χ2v) is 15.5. The molecule has 1 aliphatic heterocycles. The number of aliphatic carboxylic acids is 1. The summed E-state index contributed by atoms with van der Waals surface area (Å²) >= 11 is 1.43. The number of ether oxygens (including phenoxy) is 4. The van der Waals surface area contributed by atoms with Gasteiger partial charge in [0.05, 0.1) is 25.6 Å². The smallest absolute Gasteiger partial charge is 0.408 e. The van der Waals surface area contributed by atoms with Crippen molar-refractivity contribution >= 4 is 46.2 Å². The lowest BCUT2D eigenvalue weighted by Gasteiger charge is -2.35. The SMILES string of the molecule is C=C[C@@H]1CC1(NC(=O)[C@@H]1C[C@@H](Oc2nc3c(OC)ccc(OC)c3nc2-c2cccs2)CN1C(=O)[C@@H](NC(=O)OC1CCCC1)C(C)(C)C)C(=O)O. The van der Waals surface area contributed by atoms with Crippen LogP contribution in [0.5, 0.6) is 17.4 Å². The predicted molar refractivity (Wildman–Crippen MR) is 192 cm³/mol. The van der Waals surface area contributed by atoms with Crippen molar-refractivity contribution in [2.75, 3.05) is 20.8 Å². The maximum absolute atomic E-state index is 14.5. The fourth-order valence-corrected chi connectivity index (χ4v) is 7.74. The lowest BCUT2D eigenvalue weighted by atomic mass is 9.85. The lowest BCUT2D eigenvalue weighted by Crippen LogP contribution is -2.59.